The van der Waals surface area contributed by atoms with Gasteiger partial charge in [0.1, 0.15) is 42.4 Å². The van der Waals surface area contributed by atoms with Crippen molar-refractivity contribution in [2.75, 3.05) is 19.8 Å². The van der Waals surface area contributed by atoms with Crippen molar-refractivity contribution >= 4 is 0 Å². The molecule has 2 saturated heterocycles. The average Bonchev–Trinajstić information content (AvgIpc) is 3.23. The van der Waals surface area contributed by atoms with Gasteiger partial charge in [-0.15, -0.1) is 6.58 Å². The monoisotopic (exact) mass is 402 g/mol. The lowest BCUT2D eigenvalue weighted by Crippen LogP contribution is -2.61. The van der Waals surface area contributed by atoms with Gasteiger partial charge in [-0.1, -0.05) is 6.08 Å². The lowest BCUT2D eigenvalue weighted by atomic mass is 9.93. The molecule has 3 heterocycles. The van der Waals surface area contributed by atoms with Gasteiger partial charge in [0.15, 0.2) is 12.6 Å². The number of aliphatic hydroxyl groups is 5. The van der Waals surface area contributed by atoms with E-state index in [2.05, 4.69) is 16.5 Å². The van der Waals surface area contributed by atoms with Crippen LogP contribution in [0.3, 0.4) is 0 Å². The molecule has 28 heavy (non-hydrogen) atoms. The highest BCUT2D eigenvalue weighted by molar-refractivity contribution is 5.05. The molecule has 0 aliphatic carbocycles. The topological polar surface area (TPSA) is 167 Å². The highest BCUT2D eigenvalue weighted by Crippen LogP contribution is 2.33. The Morgan fingerprint density at radius 2 is 1.96 bits per heavy atom. The van der Waals surface area contributed by atoms with E-state index < -0.39 is 61.7 Å². The number of nitrogens with zero attached hydrogens (tertiary/aromatic N) is 1. The molecule has 6 N–H and O–H groups in total. The largest absolute Gasteiger partial charge is 0.394 e. The standard InChI is InChI=1S/C17H26N2O9/c1-2-5-25-16-13(24)14(8(7-26-16)15-18-3-4-19-15)28-17-12(23)11(22)10(21)9(6-20)27-17/h2-4,8-14,16-17,20-24H,1,5-7H2,(H,18,19)/t8-,9-,10-,11+,12-,13+,14-,16+,17+/m1/s1. The first-order valence-electron chi connectivity index (χ1n) is 8.95. The molecule has 2 aliphatic rings. The molecule has 0 spiro atoms. The summed E-state index contributed by atoms with van der Waals surface area (Å²) < 4.78 is 22.2. The van der Waals surface area contributed by atoms with Crippen molar-refractivity contribution in [1.82, 2.24) is 9.97 Å². The third-order valence-electron chi connectivity index (χ3n) is 4.84. The summed E-state index contributed by atoms with van der Waals surface area (Å²) in [6.07, 6.45) is -5.89. The summed E-state index contributed by atoms with van der Waals surface area (Å²) in [5, 5.41) is 50.2. The van der Waals surface area contributed by atoms with Crippen molar-refractivity contribution in [3.05, 3.63) is 30.9 Å². The fourth-order valence-corrected chi connectivity index (χ4v) is 3.32. The van der Waals surface area contributed by atoms with Crippen molar-refractivity contribution in [2.24, 2.45) is 0 Å². The van der Waals surface area contributed by atoms with Crippen LogP contribution in [0.2, 0.25) is 0 Å². The van der Waals surface area contributed by atoms with E-state index in [1.807, 2.05) is 0 Å². The van der Waals surface area contributed by atoms with Crippen molar-refractivity contribution in [3.8, 4) is 0 Å². The number of rotatable bonds is 7. The first-order chi connectivity index (χ1) is 13.5. The van der Waals surface area contributed by atoms with Gasteiger partial charge < -0.3 is 49.5 Å². The Labute approximate surface area is 161 Å². The second-order valence-corrected chi connectivity index (χ2v) is 6.69. The third-order valence-corrected chi connectivity index (χ3v) is 4.84. The lowest BCUT2D eigenvalue weighted by Gasteiger charge is -2.44. The van der Waals surface area contributed by atoms with Crippen molar-refractivity contribution < 1.29 is 44.5 Å². The molecule has 0 unspecified atom stereocenters. The maximum absolute atomic E-state index is 10.7. The van der Waals surface area contributed by atoms with E-state index in [-0.39, 0.29) is 13.2 Å². The van der Waals surface area contributed by atoms with Gasteiger partial charge in [0.2, 0.25) is 0 Å². The van der Waals surface area contributed by atoms with Crippen LogP contribution in [0.25, 0.3) is 0 Å². The summed E-state index contributed by atoms with van der Waals surface area (Å²) in [4.78, 5) is 7.09. The van der Waals surface area contributed by atoms with Crippen LogP contribution in [0.1, 0.15) is 11.7 Å². The normalized spacial score (nSPS) is 41.7. The van der Waals surface area contributed by atoms with E-state index in [1.165, 1.54) is 12.3 Å². The number of aromatic amines is 1. The molecule has 0 aromatic carbocycles. The fraction of sp³-hybridized carbons (Fsp3) is 0.706. The highest BCUT2D eigenvalue weighted by Gasteiger charge is 2.49. The second-order valence-electron chi connectivity index (χ2n) is 6.69. The SMILES string of the molecule is C=CCO[C@H]1OC[C@@H](c2ncc[nH]2)[C@@H](O[C@@H]2O[C@H](CO)[C@@H](O)[C@H](O)[C@H]2O)[C@@H]1O. The Hall–Kier alpha value is -1.41. The number of aromatic nitrogens is 2. The maximum Gasteiger partial charge on any atom is 0.187 e. The molecule has 11 nitrogen and oxygen atoms in total. The zero-order valence-corrected chi connectivity index (χ0v) is 15.1. The highest BCUT2D eigenvalue weighted by atomic mass is 16.7. The average molecular weight is 402 g/mol. The van der Waals surface area contributed by atoms with Crippen LogP contribution in [-0.2, 0) is 18.9 Å². The molecule has 2 fully saturated rings. The predicted octanol–water partition coefficient (Wildman–Crippen LogP) is -2.40. The number of nitrogens with one attached hydrogen (secondary N) is 1. The van der Waals surface area contributed by atoms with Crippen molar-refractivity contribution in [3.63, 3.8) is 0 Å². The van der Waals surface area contributed by atoms with Crippen molar-refractivity contribution in [1.29, 1.82) is 0 Å². The zero-order chi connectivity index (χ0) is 20.3. The molecule has 158 valence electrons. The Bertz CT molecular complexity index is 614. The smallest absolute Gasteiger partial charge is 0.187 e. The van der Waals surface area contributed by atoms with E-state index in [9.17, 15) is 25.5 Å². The quantitative estimate of drug-likeness (QED) is 0.271. The molecule has 1 aromatic heterocycles. The molecule has 9 atom stereocenters. The molecule has 2 aliphatic heterocycles. The van der Waals surface area contributed by atoms with Crippen LogP contribution >= 0.6 is 0 Å². The zero-order valence-electron chi connectivity index (χ0n) is 15.1. The van der Waals surface area contributed by atoms with E-state index in [0.29, 0.717) is 5.82 Å². The van der Waals surface area contributed by atoms with Crippen LogP contribution in [0, 0.1) is 0 Å². The molecule has 3 rings (SSSR count). The summed E-state index contributed by atoms with van der Waals surface area (Å²) in [5.74, 6) is -0.0724. The Kier molecular flexibility index (Phi) is 7.15. The molecular weight excluding hydrogens is 376 g/mol. The minimum Gasteiger partial charge on any atom is -0.394 e. The van der Waals surface area contributed by atoms with E-state index >= 15 is 0 Å². The molecule has 11 heteroatoms. The molecule has 0 amide bonds. The van der Waals surface area contributed by atoms with Crippen LogP contribution in [-0.4, -0.2) is 105 Å². The molecule has 1 aromatic rings. The Morgan fingerprint density at radius 1 is 1.18 bits per heavy atom. The van der Waals surface area contributed by atoms with E-state index in [1.54, 1.807) is 6.20 Å². The molecule has 0 bridgehead atoms. The maximum atomic E-state index is 10.7. The summed E-state index contributed by atoms with van der Waals surface area (Å²) in [6, 6.07) is 0. The molecular formula is C17H26N2O9. The Morgan fingerprint density at radius 3 is 2.61 bits per heavy atom. The van der Waals surface area contributed by atoms with E-state index in [4.69, 9.17) is 18.9 Å². The summed E-state index contributed by atoms with van der Waals surface area (Å²) in [6.45, 7) is 3.19. The second kappa shape index (κ2) is 9.39. The molecule has 0 saturated carbocycles. The number of hydrogen-bond acceptors (Lipinski definition) is 10. The van der Waals surface area contributed by atoms with Gasteiger partial charge in [0.05, 0.1) is 25.7 Å². The minimum absolute atomic E-state index is 0.0917. The first-order valence-corrected chi connectivity index (χ1v) is 8.95. The number of H-pyrrole nitrogens is 1. The van der Waals surface area contributed by atoms with Crippen molar-refractivity contribution in [2.45, 2.75) is 55.1 Å². The fourth-order valence-electron chi connectivity index (χ4n) is 3.32. The van der Waals surface area contributed by atoms with Crippen LogP contribution < -0.4 is 0 Å². The van der Waals surface area contributed by atoms with Crippen LogP contribution in [0.5, 0.6) is 0 Å². The van der Waals surface area contributed by atoms with Gasteiger partial charge in [-0.05, 0) is 0 Å². The molecule has 0 radical (unpaired) electrons. The number of hydrogen-bond donors (Lipinski definition) is 6. The predicted molar refractivity (Wildman–Crippen MR) is 91.9 cm³/mol. The van der Waals surface area contributed by atoms with E-state index in [0.717, 1.165) is 0 Å². The van der Waals surface area contributed by atoms with Crippen LogP contribution in [0.15, 0.2) is 25.0 Å². The first kappa shape index (κ1) is 21.3. The summed E-state index contributed by atoms with van der Waals surface area (Å²) in [7, 11) is 0. The minimum atomic E-state index is -1.60. The van der Waals surface area contributed by atoms with Gasteiger partial charge in [-0.25, -0.2) is 4.98 Å². The van der Waals surface area contributed by atoms with Gasteiger partial charge in [-0.3, -0.25) is 0 Å². The number of aliphatic hydroxyl groups excluding tert-OH is 5. The van der Waals surface area contributed by atoms with Gasteiger partial charge in [0.25, 0.3) is 0 Å². The number of ether oxygens (including phenoxy) is 4. The van der Waals surface area contributed by atoms with Gasteiger partial charge in [0, 0.05) is 12.4 Å². The lowest BCUT2D eigenvalue weighted by molar-refractivity contribution is -0.338. The van der Waals surface area contributed by atoms with Crippen LogP contribution in [0.4, 0.5) is 0 Å². The summed E-state index contributed by atoms with van der Waals surface area (Å²) >= 11 is 0. The summed E-state index contributed by atoms with van der Waals surface area (Å²) in [5.41, 5.74) is 0. The van der Waals surface area contributed by atoms with Gasteiger partial charge >= 0.3 is 0 Å². The Balaban J connectivity index is 1.80. The number of imidazole rings is 1. The third kappa shape index (κ3) is 4.27. The van der Waals surface area contributed by atoms with Gasteiger partial charge in [-0.2, -0.15) is 0 Å².